The first-order valence-electron chi connectivity index (χ1n) is 11.5. The summed E-state index contributed by atoms with van der Waals surface area (Å²) in [6.45, 7) is 0. The largest absolute Gasteiger partial charge is 0.289 e. The van der Waals surface area contributed by atoms with E-state index in [-0.39, 0.29) is 5.43 Å². The Labute approximate surface area is 201 Å². The van der Waals surface area contributed by atoms with Crippen LogP contribution in [0.1, 0.15) is 22.3 Å². The Hall–Kier alpha value is -4.01. The molecule has 0 saturated carbocycles. The first-order chi connectivity index (χ1) is 16.8. The van der Waals surface area contributed by atoms with Crippen LogP contribution in [0.2, 0.25) is 0 Å². The van der Waals surface area contributed by atoms with Crippen LogP contribution >= 0.6 is 11.3 Å². The van der Waals surface area contributed by atoms with Crippen molar-refractivity contribution < 1.29 is 0 Å². The van der Waals surface area contributed by atoms with E-state index in [1.165, 1.54) is 33.4 Å². The zero-order valence-electron chi connectivity index (χ0n) is 18.4. The van der Waals surface area contributed by atoms with E-state index in [0.717, 1.165) is 20.2 Å². The fourth-order valence-corrected chi connectivity index (χ4v) is 6.83. The van der Waals surface area contributed by atoms with E-state index in [4.69, 9.17) is 0 Å². The third-order valence-electron chi connectivity index (χ3n) is 7.15. The molecule has 0 N–H and O–H groups in total. The highest BCUT2D eigenvalue weighted by molar-refractivity contribution is 7.24. The fraction of sp³-hybridized carbons (Fsp3) is 0.0312. The summed E-state index contributed by atoms with van der Waals surface area (Å²) in [4.78, 5) is 13.7. The van der Waals surface area contributed by atoms with E-state index in [2.05, 4.69) is 97.1 Å². The maximum Gasteiger partial charge on any atom is 0.195 e. The standard InChI is InChI=1S/C32H20OS/c33-31-24-16-8-10-18-29(24)34-30-20-25-23-15-7-9-17-27(23)32(28(25)19-26(30)31,21-11-3-1-4-12-21)22-13-5-2-6-14-22/h1-20H. The Bertz CT molecular complexity index is 1730. The van der Waals surface area contributed by atoms with Gasteiger partial charge in [0.25, 0.3) is 0 Å². The van der Waals surface area contributed by atoms with Crippen LogP contribution in [-0.4, -0.2) is 0 Å². The van der Waals surface area contributed by atoms with Gasteiger partial charge in [-0.25, -0.2) is 0 Å². The van der Waals surface area contributed by atoms with Gasteiger partial charge < -0.3 is 0 Å². The van der Waals surface area contributed by atoms with E-state index in [1.54, 1.807) is 11.3 Å². The molecule has 0 bridgehead atoms. The predicted octanol–water partition coefficient (Wildman–Crippen LogP) is 7.78. The molecular weight excluding hydrogens is 432 g/mol. The summed E-state index contributed by atoms with van der Waals surface area (Å²) >= 11 is 1.70. The number of hydrogen-bond donors (Lipinski definition) is 0. The van der Waals surface area contributed by atoms with E-state index < -0.39 is 5.41 Å². The van der Waals surface area contributed by atoms with Crippen LogP contribution in [0.3, 0.4) is 0 Å². The van der Waals surface area contributed by atoms with Crippen molar-refractivity contribution in [1.29, 1.82) is 0 Å². The summed E-state index contributed by atoms with van der Waals surface area (Å²) < 4.78 is 2.07. The fourth-order valence-electron chi connectivity index (χ4n) is 5.74. The van der Waals surface area contributed by atoms with E-state index in [9.17, 15) is 4.79 Å². The SMILES string of the molecule is O=c1c2ccccc2sc2cc3c(cc12)C(c1ccccc1)(c1ccccc1)c1ccccc1-3. The van der Waals surface area contributed by atoms with Gasteiger partial charge in [-0.2, -0.15) is 0 Å². The van der Waals surface area contributed by atoms with Crippen LogP contribution in [0.15, 0.2) is 126 Å². The average molecular weight is 453 g/mol. The molecule has 7 rings (SSSR count). The second kappa shape index (κ2) is 7.24. The van der Waals surface area contributed by atoms with E-state index >= 15 is 0 Å². The van der Waals surface area contributed by atoms with Crippen molar-refractivity contribution >= 4 is 31.5 Å². The maximum atomic E-state index is 13.7. The van der Waals surface area contributed by atoms with Gasteiger partial charge in [-0.1, -0.05) is 97.1 Å². The maximum absolute atomic E-state index is 13.7. The molecule has 5 aromatic carbocycles. The van der Waals surface area contributed by atoms with Crippen molar-refractivity contribution in [3.8, 4) is 11.1 Å². The third kappa shape index (κ3) is 2.52. The van der Waals surface area contributed by atoms with Crippen molar-refractivity contribution in [2.24, 2.45) is 0 Å². The van der Waals surface area contributed by atoms with Crippen LogP contribution in [0.25, 0.3) is 31.3 Å². The Morgan fingerprint density at radius 3 is 1.85 bits per heavy atom. The highest BCUT2D eigenvalue weighted by Crippen LogP contribution is 2.56. The summed E-state index contributed by atoms with van der Waals surface area (Å²) in [6, 6.07) is 42.5. The number of benzene rings is 5. The van der Waals surface area contributed by atoms with Gasteiger partial charge in [0.05, 0.1) is 5.41 Å². The van der Waals surface area contributed by atoms with Gasteiger partial charge in [-0.05, 0) is 57.6 Å². The summed E-state index contributed by atoms with van der Waals surface area (Å²) in [7, 11) is 0. The molecule has 0 amide bonds. The Kier molecular flexibility index (Phi) is 4.15. The smallest absolute Gasteiger partial charge is 0.195 e. The van der Waals surface area contributed by atoms with Crippen LogP contribution in [-0.2, 0) is 5.41 Å². The Morgan fingerprint density at radius 2 is 1.12 bits per heavy atom. The lowest BCUT2D eigenvalue weighted by Gasteiger charge is -2.33. The molecule has 0 unspecified atom stereocenters. The molecule has 0 radical (unpaired) electrons. The van der Waals surface area contributed by atoms with Gasteiger partial charge in [0.15, 0.2) is 5.43 Å². The number of hydrogen-bond acceptors (Lipinski definition) is 2. The highest BCUT2D eigenvalue weighted by atomic mass is 32.1. The van der Waals surface area contributed by atoms with Crippen molar-refractivity contribution in [2.75, 3.05) is 0 Å². The molecule has 1 aliphatic carbocycles. The molecule has 34 heavy (non-hydrogen) atoms. The molecule has 0 saturated heterocycles. The molecule has 1 nitrogen and oxygen atoms in total. The lowest BCUT2D eigenvalue weighted by atomic mass is 9.67. The third-order valence-corrected chi connectivity index (χ3v) is 8.29. The van der Waals surface area contributed by atoms with Gasteiger partial charge in [0.1, 0.15) is 0 Å². The van der Waals surface area contributed by atoms with Crippen molar-refractivity contribution in [3.05, 3.63) is 154 Å². The monoisotopic (exact) mass is 452 g/mol. The van der Waals surface area contributed by atoms with Crippen LogP contribution in [0, 0.1) is 0 Å². The van der Waals surface area contributed by atoms with Gasteiger partial charge >= 0.3 is 0 Å². The van der Waals surface area contributed by atoms with Gasteiger partial charge in [0.2, 0.25) is 0 Å². The van der Waals surface area contributed by atoms with Crippen LogP contribution in [0.5, 0.6) is 0 Å². The molecule has 2 heteroatoms. The van der Waals surface area contributed by atoms with Crippen LogP contribution in [0.4, 0.5) is 0 Å². The quantitative estimate of drug-likeness (QED) is 0.245. The Balaban J connectivity index is 1.70. The highest BCUT2D eigenvalue weighted by Gasteiger charge is 2.46. The average Bonchev–Trinajstić information content (AvgIpc) is 3.19. The zero-order valence-corrected chi connectivity index (χ0v) is 19.2. The summed E-state index contributed by atoms with van der Waals surface area (Å²) in [5, 5.41) is 1.59. The van der Waals surface area contributed by atoms with E-state index in [0.29, 0.717) is 0 Å². The van der Waals surface area contributed by atoms with Crippen molar-refractivity contribution in [3.63, 3.8) is 0 Å². The van der Waals surface area contributed by atoms with Gasteiger partial charge in [0, 0.05) is 20.2 Å². The summed E-state index contributed by atoms with van der Waals surface area (Å²) in [6.07, 6.45) is 0. The molecule has 160 valence electrons. The molecule has 0 atom stereocenters. The molecule has 0 spiro atoms. The second-order valence-corrected chi connectivity index (χ2v) is 9.93. The van der Waals surface area contributed by atoms with Crippen molar-refractivity contribution in [1.82, 2.24) is 0 Å². The minimum atomic E-state index is -0.481. The number of fused-ring (bicyclic) bond motifs is 5. The lowest BCUT2D eigenvalue weighted by molar-refractivity contribution is 0.769. The predicted molar refractivity (Wildman–Crippen MR) is 143 cm³/mol. The minimum absolute atomic E-state index is 0.109. The summed E-state index contributed by atoms with van der Waals surface area (Å²) in [5.41, 5.74) is 6.94. The Morgan fingerprint density at radius 1 is 0.500 bits per heavy atom. The first kappa shape index (κ1) is 19.5. The molecular formula is C32H20OS. The lowest BCUT2D eigenvalue weighted by Crippen LogP contribution is -2.28. The molecule has 6 aromatic rings. The normalized spacial score (nSPS) is 13.6. The molecule has 1 aromatic heterocycles. The van der Waals surface area contributed by atoms with Gasteiger partial charge in [-0.15, -0.1) is 11.3 Å². The zero-order chi connectivity index (χ0) is 22.7. The topological polar surface area (TPSA) is 17.1 Å². The second-order valence-electron chi connectivity index (χ2n) is 8.85. The summed E-state index contributed by atoms with van der Waals surface area (Å²) in [5.74, 6) is 0. The molecule has 0 aliphatic heterocycles. The van der Waals surface area contributed by atoms with Crippen molar-refractivity contribution in [2.45, 2.75) is 5.41 Å². The van der Waals surface area contributed by atoms with Gasteiger partial charge in [-0.3, -0.25) is 4.79 Å². The molecule has 1 heterocycles. The molecule has 1 aliphatic rings. The van der Waals surface area contributed by atoms with E-state index in [1.807, 2.05) is 24.3 Å². The number of rotatable bonds is 2. The molecule has 0 fully saturated rings. The van der Waals surface area contributed by atoms with Crippen LogP contribution < -0.4 is 5.43 Å². The first-order valence-corrected chi connectivity index (χ1v) is 12.3. The minimum Gasteiger partial charge on any atom is -0.289 e.